The second-order valence-corrected chi connectivity index (χ2v) is 9.24. The molecule has 182 valence electrons. The SMILES string of the molecule is Nc1cccc(C=Cc2ccccc2)c1N.O=C1C=CN(CCc2ccccc2)C(S(=O)(=O)O)N1. The second kappa shape index (κ2) is 11.9. The van der Waals surface area contributed by atoms with Gasteiger partial charge in [0.2, 0.25) is 11.4 Å². The molecule has 0 aromatic heterocycles. The highest BCUT2D eigenvalue weighted by molar-refractivity contribution is 7.86. The van der Waals surface area contributed by atoms with Gasteiger partial charge in [-0.25, -0.2) is 0 Å². The van der Waals surface area contributed by atoms with Crippen LogP contribution >= 0.6 is 0 Å². The van der Waals surface area contributed by atoms with Gasteiger partial charge in [0.1, 0.15) is 0 Å². The van der Waals surface area contributed by atoms with E-state index in [1.807, 2.05) is 84.9 Å². The maximum absolute atomic E-state index is 11.2. The number of carbonyl (C=O) groups is 1. The second-order valence-electron chi connectivity index (χ2n) is 7.76. The molecule has 1 unspecified atom stereocenters. The molecular formula is C26H28N4O4S. The van der Waals surface area contributed by atoms with Crippen LogP contribution in [0.15, 0.2) is 91.1 Å². The fourth-order valence-corrected chi connectivity index (χ4v) is 4.11. The summed E-state index contributed by atoms with van der Waals surface area (Å²) in [6, 6.07) is 25.3. The number of para-hydroxylation sites is 1. The van der Waals surface area contributed by atoms with E-state index in [9.17, 15) is 13.2 Å². The summed E-state index contributed by atoms with van der Waals surface area (Å²) in [5.74, 6) is -0.543. The van der Waals surface area contributed by atoms with Crippen LogP contribution in [0.5, 0.6) is 0 Å². The molecule has 4 rings (SSSR count). The molecule has 1 aliphatic heterocycles. The number of rotatable bonds is 6. The van der Waals surface area contributed by atoms with Crippen LogP contribution in [0.4, 0.5) is 11.4 Å². The summed E-state index contributed by atoms with van der Waals surface area (Å²) in [6.45, 7) is 0.366. The predicted octanol–water partition coefficient (Wildman–Crippen LogP) is 3.37. The van der Waals surface area contributed by atoms with E-state index < -0.39 is 21.5 Å². The van der Waals surface area contributed by atoms with Gasteiger partial charge in [-0.15, -0.1) is 0 Å². The Morgan fingerprint density at radius 2 is 1.57 bits per heavy atom. The smallest absolute Gasteiger partial charge is 0.306 e. The van der Waals surface area contributed by atoms with Crippen LogP contribution in [0.1, 0.15) is 16.7 Å². The lowest BCUT2D eigenvalue weighted by Gasteiger charge is -2.31. The van der Waals surface area contributed by atoms with Crippen molar-refractivity contribution in [3.05, 3.63) is 108 Å². The van der Waals surface area contributed by atoms with Crippen LogP contribution < -0.4 is 16.8 Å². The van der Waals surface area contributed by atoms with Gasteiger partial charge in [-0.1, -0.05) is 84.9 Å². The molecule has 3 aromatic carbocycles. The first-order valence-electron chi connectivity index (χ1n) is 10.9. The van der Waals surface area contributed by atoms with Crippen LogP contribution in [-0.4, -0.2) is 35.8 Å². The van der Waals surface area contributed by atoms with E-state index in [0.717, 1.165) is 16.7 Å². The number of anilines is 2. The van der Waals surface area contributed by atoms with E-state index in [2.05, 4.69) is 5.32 Å². The lowest BCUT2D eigenvalue weighted by atomic mass is 10.1. The summed E-state index contributed by atoms with van der Waals surface area (Å²) < 4.78 is 31.5. The number of nitrogen functional groups attached to an aromatic ring is 2. The Hall–Kier alpha value is -4.08. The summed E-state index contributed by atoms with van der Waals surface area (Å²) in [6.07, 6.45) is 7.20. The molecule has 35 heavy (non-hydrogen) atoms. The Bertz CT molecular complexity index is 1290. The van der Waals surface area contributed by atoms with Gasteiger partial charge >= 0.3 is 10.1 Å². The fourth-order valence-electron chi connectivity index (χ4n) is 3.33. The predicted molar refractivity (Wildman–Crippen MR) is 140 cm³/mol. The van der Waals surface area contributed by atoms with Crippen molar-refractivity contribution in [1.82, 2.24) is 10.2 Å². The highest BCUT2D eigenvalue weighted by atomic mass is 32.2. The van der Waals surface area contributed by atoms with Crippen molar-refractivity contribution < 1.29 is 17.8 Å². The number of hydrogen-bond donors (Lipinski definition) is 4. The van der Waals surface area contributed by atoms with Crippen molar-refractivity contribution in [2.24, 2.45) is 0 Å². The molecule has 0 fully saturated rings. The number of benzene rings is 3. The van der Waals surface area contributed by atoms with Gasteiger partial charge in [0.15, 0.2) is 0 Å². The average molecular weight is 493 g/mol. The third-order valence-corrected chi connectivity index (χ3v) is 6.15. The van der Waals surface area contributed by atoms with Crippen molar-refractivity contribution in [2.75, 3.05) is 18.0 Å². The van der Waals surface area contributed by atoms with Gasteiger partial charge in [0, 0.05) is 18.8 Å². The average Bonchev–Trinajstić information content (AvgIpc) is 2.85. The van der Waals surface area contributed by atoms with Gasteiger partial charge in [0.05, 0.1) is 11.4 Å². The molecule has 1 amide bonds. The topological polar surface area (TPSA) is 139 Å². The third kappa shape index (κ3) is 7.73. The van der Waals surface area contributed by atoms with Gasteiger partial charge in [-0.05, 0) is 29.2 Å². The molecule has 0 saturated heterocycles. The van der Waals surface area contributed by atoms with Crippen LogP contribution in [0.25, 0.3) is 12.2 Å². The van der Waals surface area contributed by atoms with E-state index in [-0.39, 0.29) is 0 Å². The van der Waals surface area contributed by atoms with Crippen LogP contribution in [0.2, 0.25) is 0 Å². The van der Waals surface area contributed by atoms with Crippen molar-refractivity contribution >= 4 is 39.6 Å². The van der Waals surface area contributed by atoms with E-state index in [1.54, 1.807) is 6.07 Å². The Balaban J connectivity index is 0.000000198. The van der Waals surface area contributed by atoms with Gasteiger partial charge in [-0.2, -0.15) is 8.42 Å². The minimum atomic E-state index is -4.37. The van der Waals surface area contributed by atoms with E-state index in [4.69, 9.17) is 16.0 Å². The minimum absolute atomic E-state index is 0.366. The molecule has 1 atom stereocenters. The van der Waals surface area contributed by atoms with Crippen molar-refractivity contribution in [1.29, 1.82) is 0 Å². The van der Waals surface area contributed by atoms with Crippen molar-refractivity contribution in [3.8, 4) is 0 Å². The molecule has 0 aliphatic carbocycles. The normalized spacial score (nSPS) is 15.4. The molecule has 0 bridgehead atoms. The summed E-state index contributed by atoms with van der Waals surface area (Å²) in [5, 5.41) is 2.20. The van der Waals surface area contributed by atoms with Crippen LogP contribution in [0.3, 0.4) is 0 Å². The third-order valence-electron chi connectivity index (χ3n) is 5.20. The molecule has 0 radical (unpaired) electrons. The molecule has 0 spiro atoms. The molecular weight excluding hydrogens is 464 g/mol. The Morgan fingerprint density at radius 3 is 2.23 bits per heavy atom. The Labute approximate surface area is 205 Å². The Morgan fingerprint density at radius 1 is 0.914 bits per heavy atom. The van der Waals surface area contributed by atoms with Crippen molar-refractivity contribution in [2.45, 2.75) is 11.9 Å². The molecule has 0 saturated carbocycles. The zero-order valence-corrected chi connectivity index (χ0v) is 19.8. The van der Waals surface area contributed by atoms with E-state index >= 15 is 0 Å². The summed E-state index contributed by atoms with van der Waals surface area (Å²) in [4.78, 5) is 12.5. The number of nitrogens with one attached hydrogen (secondary N) is 1. The molecule has 1 heterocycles. The van der Waals surface area contributed by atoms with Gasteiger partial charge < -0.3 is 21.7 Å². The van der Waals surface area contributed by atoms with Crippen LogP contribution in [0, 0.1) is 0 Å². The Kier molecular flexibility index (Phi) is 8.66. The molecule has 1 aliphatic rings. The quantitative estimate of drug-likeness (QED) is 0.235. The number of carbonyl (C=O) groups excluding carboxylic acids is 1. The number of hydrogen-bond acceptors (Lipinski definition) is 6. The standard InChI is InChI=1S/C14H14N2.C12H14N2O4S/c15-13-8-4-7-12(14(13)16)10-9-11-5-2-1-3-6-11;15-11-7-9-14(12(13-11)19(16,17)18)8-6-10-4-2-1-3-5-10/h1-10H,15-16H2;1-5,7,9,12H,6,8H2,(H,13,15)(H,16,17,18). The lowest BCUT2D eigenvalue weighted by molar-refractivity contribution is -0.118. The highest BCUT2D eigenvalue weighted by Gasteiger charge is 2.31. The van der Waals surface area contributed by atoms with Gasteiger partial charge in [0.25, 0.3) is 0 Å². The molecule has 8 nitrogen and oxygen atoms in total. The van der Waals surface area contributed by atoms with Gasteiger partial charge in [-0.3, -0.25) is 9.35 Å². The van der Waals surface area contributed by atoms with Crippen LogP contribution in [-0.2, 0) is 21.3 Å². The largest absolute Gasteiger partial charge is 0.397 e. The molecule has 9 heteroatoms. The first-order chi connectivity index (χ1) is 16.7. The number of amides is 1. The minimum Gasteiger partial charge on any atom is -0.397 e. The molecule has 6 N–H and O–H groups in total. The summed E-state index contributed by atoms with van der Waals surface area (Å²) >= 11 is 0. The monoisotopic (exact) mass is 492 g/mol. The first-order valence-corrected chi connectivity index (χ1v) is 12.4. The number of nitrogens with zero attached hydrogens (tertiary/aromatic N) is 1. The maximum Gasteiger partial charge on any atom is 0.306 e. The van der Waals surface area contributed by atoms with Crippen molar-refractivity contribution in [3.63, 3.8) is 0 Å². The number of nitrogens with two attached hydrogens (primary N) is 2. The lowest BCUT2D eigenvalue weighted by Crippen LogP contribution is -2.53. The van der Waals surface area contributed by atoms with E-state index in [1.165, 1.54) is 17.2 Å². The highest BCUT2D eigenvalue weighted by Crippen LogP contribution is 2.21. The first kappa shape index (κ1) is 25.5. The molecule has 3 aromatic rings. The summed E-state index contributed by atoms with van der Waals surface area (Å²) in [5.41, 5.74) is 14.6. The zero-order chi connectivity index (χ0) is 25.3. The fraction of sp³-hybridized carbons (Fsp3) is 0.115. The summed E-state index contributed by atoms with van der Waals surface area (Å²) in [7, 11) is -4.37. The van der Waals surface area contributed by atoms with E-state index in [0.29, 0.717) is 24.3 Å². The zero-order valence-electron chi connectivity index (χ0n) is 19.0. The maximum atomic E-state index is 11.2.